The zero-order chi connectivity index (χ0) is 16.8. The lowest BCUT2D eigenvalue weighted by molar-refractivity contribution is 0.106. The number of nitrogens with zero attached hydrogens (tertiary/aromatic N) is 1. The van der Waals surface area contributed by atoms with E-state index in [0.29, 0.717) is 19.7 Å². The Labute approximate surface area is 144 Å². The predicted octanol–water partition coefficient (Wildman–Crippen LogP) is 2.20. The maximum absolute atomic E-state index is 9.95. The predicted molar refractivity (Wildman–Crippen MR) is 96.1 cm³/mol. The fourth-order valence-corrected chi connectivity index (χ4v) is 3.17. The topological polar surface area (TPSA) is 44.7 Å². The molecule has 1 aliphatic heterocycles. The normalized spacial score (nSPS) is 15.8. The van der Waals surface area contributed by atoms with Gasteiger partial charge in [-0.05, 0) is 42.3 Å². The van der Waals surface area contributed by atoms with Crippen LogP contribution in [0.1, 0.15) is 16.7 Å². The number of rotatable bonds is 7. The number of benzene rings is 2. The van der Waals surface area contributed by atoms with Crippen molar-refractivity contribution in [1.29, 1.82) is 0 Å². The molecular weight excluding hydrogens is 300 g/mol. The minimum Gasteiger partial charge on any atom is -0.489 e. The van der Waals surface area contributed by atoms with Crippen molar-refractivity contribution in [3.05, 3.63) is 65.2 Å². The molecule has 0 bridgehead atoms. The Morgan fingerprint density at radius 2 is 2.00 bits per heavy atom. The lowest BCUT2D eigenvalue weighted by Crippen LogP contribution is -2.40. The van der Waals surface area contributed by atoms with Gasteiger partial charge in [-0.25, -0.2) is 0 Å². The summed E-state index contributed by atoms with van der Waals surface area (Å²) in [6.07, 6.45) is 0.689. The summed E-state index contributed by atoms with van der Waals surface area (Å²) in [5.74, 6) is 0.932. The Morgan fingerprint density at radius 3 is 2.79 bits per heavy atom. The molecule has 1 atom stereocenters. The maximum Gasteiger partial charge on any atom is 0.120 e. The Hall–Kier alpha value is -1.88. The molecule has 2 aromatic rings. The average molecular weight is 326 g/mol. The summed E-state index contributed by atoms with van der Waals surface area (Å²) < 4.78 is 5.92. The monoisotopic (exact) mass is 326 g/mol. The number of aliphatic hydroxyl groups excluding tert-OH is 1. The molecule has 3 rings (SSSR count). The molecule has 1 heterocycles. The van der Waals surface area contributed by atoms with E-state index >= 15 is 0 Å². The van der Waals surface area contributed by atoms with Gasteiger partial charge in [0.1, 0.15) is 12.4 Å². The summed E-state index contributed by atoms with van der Waals surface area (Å²) >= 11 is 0. The molecule has 4 heteroatoms. The number of β-amino-alcohol motifs (C(OH)–C–C–N with tert-alkyl or cyclic N) is 1. The zero-order valence-corrected chi connectivity index (χ0v) is 14.2. The summed E-state index contributed by atoms with van der Waals surface area (Å²) in [6, 6.07) is 16.6. The quantitative estimate of drug-likeness (QED) is 0.819. The summed E-state index contributed by atoms with van der Waals surface area (Å²) in [5, 5.41) is 13.0. The van der Waals surface area contributed by atoms with Gasteiger partial charge in [-0.2, -0.15) is 0 Å². The van der Waals surface area contributed by atoms with Crippen LogP contribution < -0.4 is 10.1 Å². The molecule has 1 unspecified atom stereocenters. The van der Waals surface area contributed by atoms with E-state index in [0.717, 1.165) is 25.3 Å². The first-order valence-corrected chi connectivity index (χ1v) is 8.58. The van der Waals surface area contributed by atoms with Crippen molar-refractivity contribution in [2.45, 2.75) is 25.7 Å². The number of hydrogen-bond acceptors (Lipinski definition) is 4. The molecule has 2 N–H and O–H groups in total. The SMILES string of the molecule is CNCC(O)CN1CCc2cc(OCc3ccccc3)ccc2C1. The highest BCUT2D eigenvalue weighted by molar-refractivity contribution is 5.37. The van der Waals surface area contributed by atoms with Crippen molar-refractivity contribution in [1.82, 2.24) is 10.2 Å². The van der Waals surface area contributed by atoms with E-state index in [1.54, 1.807) is 0 Å². The van der Waals surface area contributed by atoms with Crippen LogP contribution in [-0.4, -0.2) is 42.8 Å². The molecule has 128 valence electrons. The Bertz CT molecular complexity index is 645. The van der Waals surface area contributed by atoms with E-state index in [4.69, 9.17) is 4.74 Å². The minimum atomic E-state index is -0.315. The molecule has 0 radical (unpaired) electrons. The Kier molecular flexibility index (Phi) is 5.86. The van der Waals surface area contributed by atoms with Crippen LogP contribution in [0.5, 0.6) is 5.75 Å². The summed E-state index contributed by atoms with van der Waals surface area (Å²) in [7, 11) is 1.87. The van der Waals surface area contributed by atoms with Crippen LogP contribution in [0.4, 0.5) is 0 Å². The maximum atomic E-state index is 9.95. The number of hydrogen-bond donors (Lipinski definition) is 2. The second kappa shape index (κ2) is 8.29. The molecule has 1 aliphatic rings. The minimum absolute atomic E-state index is 0.315. The molecule has 2 aromatic carbocycles. The van der Waals surface area contributed by atoms with Crippen LogP contribution in [-0.2, 0) is 19.6 Å². The second-order valence-corrected chi connectivity index (χ2v) is 6.40. The molecule has 0 aromatic heterocycles. The molecule has 24 heavy (non-hydrogen) atoms. The number of ether oxygens (including phenoxy) is 1. The van der Waals surface area contributed by atoms with Crippen molar-refractivity contribution in [2.75, 3.05) is 26.7 Å². The van der Waals surface area contributed by atoms with Crippen molar-refractivity contribution < 1.29 is 9.84 Å². The molecule has 0 amide bonds. The lowest BCUT2D eigenvalue weighted by atomic mass is 9.99. The van der Waals surface area contributed by atoms with Gasteiger partial charge >= 0.3 is 0 Å². The molecular formula is C20H26N2O2. The lowest BCUT2D eigenvalue weighted by Gasteiger charge is -2.30. The number of likely N-dealkylation sites (N-methyl/N-ethyl adjacent to an activating group) is 1. The molecule has 0 saturated heterocycles. The highest BCUT2D eigenvalue weighted by Crippen LogP contribution is 2.24. The Balaban J connectivity index is 1.57. The van der Waals surface area contributed by atoms with Gasteiger partial charge in [0.05, 0.1) is 6.10 Å². The van der Waals surface area contributed by atoms with Gasteiger partial charge in [-0.3, -0.25) is 4.90 Å². The van der Waals surface area contributed by atoms with Gasteiger partial charge in [0.2, 0.25) is 0 Å². The first kappa shape index (κ1) is 17.0. The van der Waals surface area contributed by atoms with E-state index in [1.807, 2.05) is 25.2 Å². The van der Waals surface area contributed by atoms with Crippen LogP contribution in [0, 0.1) is 0 Å². The van der Waals surface area contributed by atoms with E-state index in [9.17, 15) is 5.11 Å². The van der Waals surface area contributed by atoms with Crippen molar-refractivity contribution in [2.24, 2.45) is 0 Å². The largest absolute Gasteiger partial charge is 0.489 e. The van der Waals surface area contributed by atoms with E-state index in [2.05, 4.69) is 40.5 Å². The second-order valence-electron chi connectivity index (χ2n) is 6.40. The van der Waals surface area contributed by atoms with Crippen LogP contribution in [0.15, 0.2) is 48.5 Å². The highest BCUT2D eigenvalue weighted by Gasteiger charge is 2.19. The molecule has 0 aliphatic carbocycles. The van der Waals surface area contributed by atoms with Crippen molar-refractivity contribution >= 4 is 0 Å². The third-order valence-corrected chi connectivity index (χ3v) is 4.43. The summed E-state index contributed by atoms with van der Waals surface area (Å²) in [5.41, 5.74) is 3.88. The van der Waals surface area contributed by atoms with E-state index in [-0.39, 0.29) is 6.10 Å². The van der Waals surface area contributed by atoms with Gasteiger partial charge in [0.15, 0.2) is 0 Å². The molecule has 0 spiro atoms. The Morgan fingerprint density at radius 1 is 1.17 bits per heavy atom. The van der Waals surface area contributed by atoms with Crippen LogP contribution in [0.2, 0.25) is 0 Å². The van der Waals surface area contributed by atoms with Crippen LogP contribution in [0.3, 0.4) is 0 Å². The number of fused-ring (bicyclic) bond motifs is 1. The van der Waals surface area contributed by atoms with Crippen molar-refractivity contribution in [3.63, 3.8) is 0 Å². The van der Waals surface area contributed by atoms with Crippen LogP contribution in [0.25, 0.3) is 0 Å². The van der Waals surface area contributed by atoms with E-state index in [1.165, 1.54) is 16.7 Å². The highest BCUT2D eigenvalue weighted by atomic mass is 16.5. The van der Waals surface area contributed by atoms with Gasteiger partial charge in [-0.15, -0.1) is 0 Å². The first-order chi connectivity index (χ1) is 11.7. The van der Waals surface area contributed by atoms with E-state index < -0.39 is 0 Å². The molecule has 0 saturated carbocycles. The zero-order valence-electron chi connectivity index (χ0n) is 14.2. The van der Waals surface area contributed by atoms with Gasteiger partial charge in [0.25, 0.3) is 0 Å². The summed E-state index contributed by atoms with van der Waals surface area (Å²) in [6.45, 7) is 3.83. The third-order valence-electron chi connectivity index (χ3n) is 4.43. The molecule has 4 nitrogen and oxygen atoms in total. The summed E-state index contributed by atoms with van der Waals surface area (Å²) in [4.78, 5) is 2.31. The van der Waals surface area contributed by atoms with Gasteiger partial charge < -0.3 is 15.2 Å². The number of aliphatic hydroxyl groups is 1. The van der Waals surface area contributed by atoms with Crippen LogP contribution >= 0.6 is 0 Å². The third kappa shape index (κ3) is 4.57. The fourth-order valence-electron chi connectivity index (χ4n) is 3.17. The fraction of sp³-hybridized carbons (Fsp3) is 0.400. The first-order valence-electron chi connectivity index (χ1n) is 8.58. The number of nitrogens with one attached hydrogen (secondary N) is 1. The van der Waals surface area contributed by atoms with Crippen molar-refractivity contribution in [3.8, 4) is 5.75 Å². The van der Waals surface area contributed by atoms with Gasteiger partial charge in [-0.1, -0.05) is 36.4 Å². The smallest absolute Gasteiger partial charge is 0.120 e. The molecule has 0 fully saturated rings. The van der Waals surface area contributed by atoms with Gasteiger partial charge in [0, 0.05) is 26.2 Å². The average Bonchev–Trinajstić information content (AvgIpc) is 2.61. The standard InChI is InChI=1S/C20H26N2O2/c1-21-12-19(23)14-22-10-9-17-11-20(8-7-18(17)13-22)24-15-16-5-3-2-4-6-16/h2-8,11,19,21,23H,9-10,12-15H2,1H3.